The third kappa shape index (κ3) is 5.97. The van der Waals surface area contributed by atoms with E-state index in [4.69, 9.17) is 5.11 Å². The average Bonchev–Trinajstić information content (AvgIpc) is 2.79. The molecule has 0 saturated carbocycles. The number of aliphatic carboxylic acids is 1. The van der Waals surface area contributed by atoms with Crippen LogP contribution in [0.1, 0.15) is 68.1 Å². The molecular formula is C15H25N3O3. The highest BCUT2D eigenvalue weighted by molar-refractivity contribution is 5.92. The molecule has 1 rings (SSSR count). The van der Waals surface area contributed by atoms with Gasteiger partial charge in [0, 0.05) is 25.7 Å². The number of hydrogen-bond acceptors (Lipinski definition) is 3. The van der Waals surface area contributed by atoms with Crippen LogP contribution >= 0.6 is 0 Å². The van der Waals surface area contributed by atoms with Crippen LogP contribution in [0.2, 0.25) is 0 Å². The van der Waals surface area contributed by atoms with E-state index in [1.807, 2.05) is 13.1 Å². The van der Waals surface area contributed by atoms with Gasteiger partial charge in [-0.15, -0.1) is 0 Å². The first kappa shape index (κ1) is 17.2. The quantitative estimate of drug-likeness (QED) is 0.685. The number of rotatable bonds is 9. The zero-order chi connectivity index (χ0) is 15.8. The summed E-state index contributed by atoms with van der Waals surface area (Å²) in [6.07, 6.45) is 3.57. The van der Waals surface area contributed by atoms with E-state index in [0.717, 1.165) is 25.0 Å². The van der Waals surface area contributed by atoms with E-state index in [2.05, 4.69) is 24.3 Å². The predicted molar refractivity (Wildman–Crippen MR) is 80.4 cm³/mol. The standard InChI is InChI=1S/C15H25N3O3/c1-11(2)13-10-12(17-18(13)3)15(21)16-9-7-5-4-6-8-14(19)20/h10-11H,4-9H2,1-3H3,(H,16,21)(H,19,20). The molecule has 0 bridgehead atoms. The molecule has 118 valence electrons. The maximum absolute atomic E-state index is 11.9. The third-order valence-electron chi connectivity index (χ3n) is 3.34. The third-order valence-corrected chi connectivity index (χ3v) is 3.34. The van der Waals surface area contributed by atoms with Crippen LogP contribution in [-0.2, 0) is 11.8 Å². The van der Waals surface area contributed by atoms with Gasteiger partial charge in [-0.2, -0.15) is 5.10 Å². The van der Waals surface area contributed by atoms with E-state index in [1.165, 1.54) is 0 Å². The van der Waals surface area contributed by atoms with Gasteiger partial charge in [0.1, 0.15) is 5.69 Å². The minimum absolute atomic E-state index is 0.150. The summed E-state index contributed by atoms with van der Waals surface area (Å²) in [7, 11) is 1.84. The lowest BCUT2D eigenvalue weighted by Crippen LogP contribution is -2.25. The first-order valence-electron chi connectivity index (χ1n) is 7.45. The van der Waals surface area contributed by atoms with Crippen LogP contribution in [0.25, 0.3) is 0 Å². The summed E-state index contributed by atoms with van der Waals surface area (Å²) in [6, 6.07) is 1.83. The lowest BCUT2D eigenvalue weighted by Gasteiger charge is -2.02. The van der Waals surface area contributed by atoms with Crippen molar-refractivity contribution in [3.8, 4) is 0 Å². The number of carbonyl (C=O) groups excluding carboxylic acids is 1. The number of carbonyl (C=O) groups is 2. The molecule has 21 heavy (non-hydrogen) atoms. The monoisotopic (exact) mass is 295 g/mol. The first-order chi connectivity index (χ1) is 9.91. The number of nitrogens with one attached hydrogen (secondary N) is 1. The highest BCUT2D eigenvalue weighted by Crippen LogP contribution is 2.14. The maximum atomic E-state index is 11.9. The molecule has 0 aromatic carbocycles. The zero-order valence-corrected chi connectivity index (χ0v) is 13.1. The fourth-order valence-electron chi connectivity index (χ4n) is 2.18. The van der Waals surface area contributed by atoms with Gasteiger partial charge in [-0.25, -0.2) is 0 Å². The summed E-state index contributed by atoms with van der Waals surface area (Å²) in [4.78, 5) is 22.3. The van der Waals surface area contributed by atoms with Crippen molar-refractivity contribution in [1.29, 1.82) is 0 Å². The Morgan fingerprint density at radius 1 is 1.29 bits per heavy atom. The van der Waals surface area contributed by atoms with Gasteiger partial charge >= 0.3 is 5.97 Å². The summed E-state index contributed by atoms with van der Waals surface area (Å²) < 4.78 is 1.74. The van der Waals surface area contributed by atoms with Crippen LogP contribution in [0.4, 0.5) is 0 Å². The van der Waals surface area contributed by atoms with Crippen LogP contribution in [0.5, 0.6) is 0 Å². The molecule has 0 aliphatic rings. The Bertz CT molecular complexity index is 481. The molecule has 0 unspecified atom stereocenters. The summed E-state index contributed by atoms with van der Waals surface area (Å²) >= 11 is 0. The highest BCUT2D eigenvalue weighted by atomic mass is 16.4. The summed E-state index contributed by atoms with van der Waals surface area (Å²) in [5.74, 6) is -0.569. The Kier molecular flexibility index (Phi) is 6.91. The van der Waals surface area contributed by atoms with E-state index in [-0.39, 0.29) is 12.3 Å². The van der Waals surface area contributed by atoms with Crippen molar-refractivity contribution in [2.24, 2.45) is 7.05 Å². The normalized spacial score (nSPS) is 10.9. The minimum atomic E-state index is -0.751. The van der Waals surface area contributed by atoms with E-state index in [9.17, 15) is 9.59 Å². The number of hydrogen-bond donors (Lipinski definition) is 2. The Hall–Kier alpha value is -1.85. The molecule has 1 heterocycles. The molecule has 0 fully saturated rings. The van der Waals surface area contributed by atoms with Crippen LogP contribution in [0, 0.1) is 0 Å². The SMILES string of the molecule is CC(C)c1cc(C(=O)NCCCCCCC(=O)O)nn1C. The Labute approximate surface area is 125 Å². The lowest BCUT2D eigenvalue weighted by atomic mass is 10.1. The average molecular weight is 295 g/mol. The molecular weight excluding hydrogens is 270 g/mol. The second-order valence-electron chi connectivity index (χ2n) is 5.55. The number of amides is 1. The second-order valence-corrected chi connectivity index (χ2v) is 5.55. The van der Waals surface area contributed by atoms with Gasteiger partial charge in [0.15, 0.2) is 0 Å². The van der Waals surface area contributed by atoms with E-state index < -0.39 is 5.97 Å². The molecule has 1 amide bonds. The first-order valence-corrected chi connectivity index (χ1v) is 7.45. The van der Waals surface area contributed by atoms with Gasteiger partial charge < -0.3 is 10.4 Å². The zero-order valence-electron chi connectivity index (χ0n) is 13.1. The van der Waals surface area contributed by atoms with Gasteiger partial charge in [-0.05, 0) is 24.8 Å². The molecule has 0 saturated heterocycles. The van der Waals surface area contributed by atoms with Crippen molar-refractivity contribution in [3.63, 3.8) is 0 Å². The Morgan fingerprint density at radius 2 is 1.95 bits per heavy atom. The Balaban J connectivity index is 2.25. The summed E-state index contributed by atoms with van der Waals surface area (Å²) in [5, 5.41) is 15.6. The molecule has 1 aromatic heterocycles. The van der Waals surface area contributed by atoms with Crippen molar-refractivity contribution < 1.29 is 14.7 Å². The molecule has 6 heteroatoms. The largest absolute Gasteiger partial charge is 0.481 e. The van der Waals surface area contributed by atoms with Crippen molar-refractivity contribution >= 4 is 11.9 Å². The fraction of sp³-hybridized carbons (Fsp3) is 0.667. The van der Waals surface area contributed by atoms with Crippen molar-refractivity contribution in [2.45, 2.75) is 51.9 Å². The topological polar surface area (TPSA) is 84.2 Å². The number of nitrogens with zero attached hydrogens (tertiary/aromatic N) is 2. The van der Waals surface area contributed by atoms with Gasteiger partial charge in [-0.1, -0.05) is 26.7 Å². The van der Waals surface area contributed by atoms with Crippen molar-refractivity contribution in [2.75, 3.05) is 6.54 Å². The molecule has 0 spiro atoms. The van der Waals surface area contributed by atoms with Gasteiger partial charge in [0.2, 0.25) is 0 Å². The minimum Gasteiger partial charge on any atom is -0.481 e. The number of aromatic nitrogens is 2. The smallest absolute Gasteiger partial charge is 0.303 e. The lowest BCUT2D eigenvalue weighted by molar-refractivity contribution is -0.137. The van der Waals surface area contributed by atoms with Gasteiger partial charge in [-0.3, -0.25) is 14.3 Å². The van der Waals surface area contributed by atoms with Crippen LogP contribution in [0.15, 0.2) is 6.07 Å². The number of aryl methyl sites for hydroxylation is 1. The maximum Gasteiger partial charge on any atom is 0.303 e. The van der Waals surface area contributed by atoms with Crippen molar-refractivity contribution in [1.82, 2.24) is 15.1 Å². The van der Waals surface area contributed by atoms with E-state index in [1.54, 1.807) is 4.68 Å². The molecule has 6 nitrogen and oxygen atoms in total. The molecule has 2 N–H and O–H groups in total. The second kappa shape index (κ2) is 8.44. The Morgan fingerprint density at radius 3 is 2.52 bits per heavy atom. The molecule has 0 radical (unpaired) electrons. The van der Waals surface area contributed by atoms with Crippen molar-refractivity contribution in [3.05, 3.63) is 17.5 Å². The van der Waals surface area contributed by atoms with Crippen LogP contribution in [0.3, 0.4) is 0 Å². The van der Waals surface area contributed by atoms with Gasteiger partial charge in [0.05, 0.1) is 0 Å². The highest BCUT2D eigenvalue weighted by Gasteiger charge is 2.13. The number of carboxylic acid groups (broad SMARTS) is 1. The number of unbranched alkanes of at least 4 members (excludes halogenated alkanes) is 3. The van der Waals surface area contributed by atoms with E-state index in [0.29, 0.717) is 24.6 Å². The van der Waals surface area contributed by atoms with E-state index >= 15 is 0 Å². The summed E-state index contributed by atoms with van der Waals surface area (Å²) in [6.45, 7) is 4.73. The van der Waals surface area contributed by atoms with Crippen LogP contribution < -0.4 is 5.32 Å². The predicted octanol–water partition coefficient (Wildman–Crippen LogP) is 2.31. The summed E-state index contributed by atoms with van der Waals surface area (Å²) in [5.41, 5.74) is 1.49. The molecule has 0 aliphatic carbocycles. The number of carboxylic acids is 1. The van der Waals surface area contributed by atoms with Crippen LogP contribution in [-0.4, -0.2) is 33.3 Å². The molecule has 0 atom stereocenters. The molecule has 1 aromatic rings. The molecule has 0 aliphatic heterocycles. The fourth-order valence-corrected chi connectivity index (χ4v) is 2.18. The van der Waals surface area contributed by atoms with Gasteiger partial charge in [0.25, 0.3) is 5.91 Å².